The lowest BCUT2D eigenvalue weighted by molar-refractivity contribution is -0.122. The van der Waals surface area contributed by atoms with Gasteiger partial charge in [-0.25, -0.2) is 0 Å². The number of carbonyl (C=O) groups excluding carboxylic acids is 2. The number of ether oxygens (including phenoxy) is 1. The summed E-state index contributed by atoms with van der Waals surface area (Å²) < 4.78 is 5.23. The smallest absolute Gasteiger partial charge is 0.258 e. The van der Waals surface area contributed by atoms with Gasteiger partial charge in [0, 0.05) is 24.6 Å². The first kappa shape index (κ1) is 19.4. The summed E-state index contributed by atoms with van der Waals surface area (Å²) in [5, 5.41) is 6.25. The first-order valence-corrected chi connectivity index (χ1v) is 9.62. The van der Waals surface area contributed by atoms with Crippen molar-refractivity contribution < 1.29 is 14.3 Å². The van der Waals surface area contributed by atoms with E-state index in [1.165, 1.54) is 0 Å². The molecule has 3 aromatic rings. The van der Waals surface area contributed by atoms with E-state index in [1.54, 1.807) is 30.5 Å². The standard InChI is InChI=1S/C23H22N4O3/c1-30-18-10-8-17(9-11-18)22-26-20-7-3-2-6-19(20)23(29)27(22)15-21(28)25-14-16-5-4-12-24-13-16/h2-13,22,26H,14-15H2,1H3,(H,25,28)/t22-/m0/s1. The lowest BCUT2D eigenvalue weighted by Crippen LogP contribution is -2.47. The number of hydrogen-bond acceptors (Lipinski definition) is 5. The van der Waals surface area contributed by atoms with Crippen molar-refractivity contribution >= 4 is 17.5 Å². The molecule has 2 heterocycles. The third-order valence-electron chi connectivity index (χ3n) is 4.98. The average molecular weight is 402 g/mol. The molecule has 152 valence electrons. The molecule has 0 bridgehead atoms. The van der Waals surface area contributed by atoms with Gasteiger partial charge in [0.15, 0.2) is 0 Å². The molecule has 1 atom stereocenters. The maximum atomic E-state index is 13.2. The molecule has 1 aromatic heterocycles. The third-order valence-corrected chi connectivity index (χ3v) is 4.98. The fraction of sp³-hybridized carbons (Fsp3) is 0.174. The van der Waals surface area contributed by atoms with E-state index in [0.717, 1.165) is 22.6 Å². The molecule has 2 aromatic carbocycles. The van der Waals surface area contributed by atoms with Crippen LogP contribution in [0.25, 0.3) is 0 Å². The molecular formula is C23H22N4O3. The molecule has 0 fully saturated rings. The molecular weight excluding hydrogens is 380 g/mol. The Hall–Kier alpha value is -3.87. The molecule has 7 nitrogen and oxygen atoms in total. The number of rotatable bonds is 6. The monoisotopic (exact) mass is 402 g/mol. The summed E-state index contributed by atoms with van der Waals surface area (Å²) in [6, 6.07) is 18.5. The molecule has 30 heavy (non-hydrogen) atoms. The number of fused-ring (bicyclic) bond motifs is 1. The lowest BCUT2D eigenvalue weighted by Gasteiger charge is -2.37. The molecule has 0 radical (unpaired) electrons. The van der Waals surface area contributed by atoms with Crippen molar-refractivity contribution in [2.24, 2.45) is 0 Å². The van der Waals surface area contributed by atoms with Gasteiger partial charge in [0.05, 0.1) is 12.7 Å². The SMILES string of the molecule is COc1ccc([C@H]2Nc3ccccc3C(=O)N2CC(=O)NCc2cccnc2)cc1. The van der Waals surface area contributed by atoms with E-state index in [4.69, 9.17) is 4.74 Å². The minimum absolute atomic E-state index is 0.0723. The number of pyridine rings is 1. The molecule has 2 amide bonds. The maximum Gasteiger partial charge on any atom is 0.258 e. The van der Waals surface area contributed by atoms with Crippen molar-refractivity contribution in [3.8, 4) is 5.75 Å². The van der Waals surface area contributed by atoms with Gasteiger partial charge in [-0.05, 0) is 41.5 Å². The van der Waals surface area contributed by atoms with Crippen LogP contribution in [0.15, 0.2) is 73.1 Å². The highest BCUT2D eigenvalue weighted by Gasteiger charge is 2.34. The van der Waals surface area contributed by atoms with Gasteiger partial charge in [0.1, 0.15) is 18.5 Å². The lowest BCUT2D eigenvalue weighted by atomic mass is 10.0. The molecule has 0 saturated heterocycles. The summed E-state index contributed by atoms with van der Waals surface area (Å²) in [6.07, 6.45) is 2.91. The number of amides is 2. The van der Waals surface area contributed by atoms with Crippen molar-refractivity contribution in [1.82, 2.24) is 15.2 Å². The highest BCUT2D eigenvalue weighted by atomic mass is 16.5. The van der Waals surface area contributed by atoms with Crippen LogP contribution in [0.3, 0.4) is 0 Å². The number of nitrogens with zero attached hydrogens (tertiary/aromatic N) is 2. The minimum atomic E-state index is -0.470. The fourth-order valence-electron chi connectivity index (χ4n) is 3.42. The average Bonchev–Trinajstić information content (AvgIpc) is 2.80. The van der Waals surface area contributed by atoms with Crippen LogP contribution in [0.5, 0.6) is 5.75 Å². The van der Waals surface area contributed by atoms with Crippen molar-refractivity contribution in [3.05, 3.63) is 89.7 Å². The number of methoxy groups -OCH3 is 1. The highest BCUT2D eigenvalue weighted by molar-refractivity contribution is 6.03. The third kappa shape index (κ3) is 4.10. The van der Waals surface area contributed by atoms with Crippen molar-refractivity contribution in [2.45, 2.75) is 12.7 Å². The number of benzene rings is 2. The van der Waals surface area contributed by atoms with E-state index in [0.29, 0.717) is 12.1 Å². The van der Waals surface area contributed by atoms with E-state index < -0.39 is 6.17 Å². The Bertz CT molecular complexity index is 1040. The number of hydrogen-bond donors (Lipinski definition) is 2. The molecule has 0 aliphatic carbocycles. The highest BCUT2D eigenvalue weighted by Crippen LogP contribution is 2.33. The van der Waals surface area contributed by atoms with E-state index in [9.17, 15) is 9.59 Å². The molecule has 0 unspecified atom stereocenters. The van der Waals surface area contributed by atoms with E-state index in [1.807, 2.05) is 54.6 Å². The van der Waals surface area contributed by atoms with Crippen LogP contribution in [0.2, 0.25) is 0 Å². The Morgan fingerprint density at radius 2 is 1.93 bits per heavy atom. The van der Waals surface area contributed by atoms with Gasteiger partial charge in [0.2, 0.25) is 5.91 Å². The van der Waals surface area contributed by atoms with E-state index in [2.05, 4.69) is 15.6 Å². The van der Waals surface area contributed by atoms with Gasteiger partial charge in [-0.2, -0.15) is 0 Å². The zero-order valence-corrected chi connectivity index (χ0v) is 16.5. The quantitative estimate of drug-likeness (QED) is 0.662. The number of aromatic nitrogens is 1. The first-order chi connectivity index (χ1) is 14.7. The predicted octanol–water partition coefficient (Wildman–Crippen LogP) is 2.97. The summed E-state index contributed by atoms with van der Waals surface area (Å²) in [5.74, 6) is 0.288. The predicted molar refractivity (Wildman–Crippen MR) is 113 cm³/mol. The number of anilines is 1. The van der Waals surface area contributed by atoms with Crippen LogP contribution in [0.1, 0.15) is 27.7 Å². The molecule has 0 saturated carbocycles. The second kappa shape index (κ2) is 8.65. The topological polar surface area (TPSA) is 83.6 Å². The Kier molecular flexibility index (Phi) is 5.61. The normalized spacial score (nSPS) is 15.2. The van der Waals surface area contributed by atoms with E-state index in [-0.39, 0.29) is 18.4 Å². The Morgan fingerprint density at radius 1 is 1.13 bits per heavy atom. The van der Waals surface area contributed by atoms with Crippen molar-refractivity contribution in [1.29, 1.82) is 0 Å². The number of nitrogens with one attached hydrogen (secondary N) is 2. The first-order valence-electron chi connectivity index (χ1n) is 9.62. The van der Waals surface area contributed by atoms with Crippen LogP contribution in [0, 0.1) is 0 Å². The maximum absolute atomic E-state index is 13.2. The fourth-order valence-corrected chi connectivity index (χ4v) is 3.42. The number of carbonyl (C=O) groups is 2. The van der Waals surface area contributed by atoms with Crippen molar-refractivity contribution in [3.63, 3.8) is 0 Å². The van der Waals surface area contributed by atoms with Gasteiger partial charge in [-0.1, -0.05) is 30.3 Å². The van der Waals surface area contributed by atoms with Crippen LogP contribution in [-0.4, -0.2) is 35.4 Å². The summed E-state index contributed by atoms with van der Waals surface area (Å²) >= 11 is 0. The van der Waals surface area contributed by atoms with Crippen molar-refractivity contribution in [2.75, 3.05) is 19.0 Å². The summed E-state index contributed by atoms with van der Waals surface area (Å²) in [5.41, 5.74) is 3.04. The Labute approximate surface area is 174 Å². The van der Waals surface area contributed by atoms with Gasteiger partial charge < -0.3 is 20.3 Å². The molecule has 2 N–H and O–H groups in total. The molecule has 1 aliphatic heterocycles. The molecule has 0 spiro atoms. The second-order valence-corrected chi connectivity index (χ2v) is 6.94. The van der Waals surface area contributed by atoms with Gasteiger partial charge >= 0.3 is 0 Å². The van der Waals surface area contributed by atoms with Gasteiger partial charge in [0.25, 0.3) is 5.91 Å². The van der Waals surface area contributed by atoms with Gasteiger partial charge in [-0.15, -0.1) is 0 Å². The van der Waals surface area contributed by atoms with Crippen LogP contribution in [0.4, 0.5) is 5.69 Å². The summed E-state index contributed by atoms with van der Waals surface area (Å²) in [4.78, 5) is 31.4. The van der Waals surface area contributed by atoms with Gasteiger partial charge in [-0.3, -0.25) is 14.6 Å². The zero-order valence-electron chi connectivity index (χ0n) is 16.5. The molecule has 4 rings (SSSR count). The van der Waals surface area contributed by atoms with Crippen LogP contribution < -0.4 is 15.4 Å². The summed E-state index contributed by atoms with van der Waals surface area (Å²) in [6.45, 7) is 0.281. The summed E-state index contributed by atoms with van der Waals surface area (Å²) in [7, 11) is 1.60. The molecule has 1 aliphatic rings. The zero-order chi connectivity index (χ0) is 20.9. The molecule has 7 heteroatoms. The number of para-hydroxylation sites is 1. The largest absolute Gasteiger partial charge is 0.497 e. The Morgan fingerprint density at radius 3 is 2.67 bits per heavy atom. The van der Waals surface area contributed by atoms with Crippen LogP contribution in [-0.2, 0) is 11.3 Å². The Balaban J connectivity index is 1.56. The minimum Gasteiger partial charge on any atom is -0.497 e. The van der Waals surface area contributed by atoms with E-state index >= 15 is 0 Å². The second-order valence-electron chi connectivity index (χ2n) is 6.94. The van der Waals surface area contributed by atoms with Crippen LogP contribution >= 0.6 is 0 Å².